The van der Waals surface area contributed by atoms with E-state index < -0.39 is 12.0 Å². The summed E-state index contributed by atoms with van der Waals surface area (Å²) in [6.07, 6.45) is 0. The second-order valence-corrected chi connectivity index (χ2v) is 4.93. The monoisotopic (exact) mass is 274 g/mol. The summed E-state index contributed by atoms with van der Waals surface area (Å²) in [6.45, 7) is 4.09. The molecular formula is C14H18N4O2. The third-order valence-corrected chi connectivity index (χ3v) is 3.09. The molecule has 0 bridgehead atoms. The number of H-pyrrole nitrogens is 1. The van der Waals surface area contributed by atoms with Crippen molar-refractivity contribution in [3.05, 3.63) is 36.0 Å². The molecule has 3 N–H and O–H groups in total. The highest BCUT2D eigenvalue weighted by Crippen LogP contribution is 2.19. The Hall–Kier alpha value is -2.21. The summed E-state index contributed by atoms with van der Waals surface area (Å²) in [5, 5.41) is 23.0. The standard InChI is InChI=1S/C14H18N4O2/c1-9(2)12(14(19)20)15-8-11-13(17-18-16-11)10-6-4-3-5-7-10/h3-7,9,12,15H,8H2,1-2H3,(H,19,20)(H,16,17,18). The number of aromatic amines is 1. The van der Waals surface area contributed by atoms with Crippen molar-refractivity contribution in [1.82, 2.24) is 20.7 Å². The number of aliphatic carboxylic acids is 1. The molecule has 1 heterocycles. The molecule has 2 rings (SSSR count). The van der Waals surface area contributed by atoms with Gasteiger partial charge in [0.2, 0.25) is 0 Å². The van der Waals surface area contributed by atoms with Gasteiger partial charge >= 0.3 is 5.97 Å². The average molecular weight is 274 g/mol. The number of carboxylic acid groups (broad SMARTS) is 1. The van der Waals surface area contributed by atoms with E-state index >= 15 is 0 Å². The van der Waals surface area contributed by atoms with E-state index in [2.05, 4.69) is 20.7 Å². The Balaban J connectivity index is 2.12. The zero-order valence-corrected chi connectivity index (χ0v) is 11.5. The van der Waals surface area contributed by atoms with E-state index in [0.717, 1.165) is 11.3 Å². The summed E-state index contributed by atoms with van der Waals surface area (Å²) in [6, 6.07) is 9.07. The van der Waals surface area contributed by atoms with Crippen molar-refractivity contribution in [3.63, 3.8) is 0 Å². The normalized spacial score (nSPS) is 12.6. The lowest BCUT2D eigenvalue weighted by Gasteiger charge is -2.17. The quantitative estimate of drug-likeness (QED) is 0.745. The Bertz CT molecular complexity index is 566. The van der Waals surface area contributed by atoms with Crippen molar-refractivity contribution in [1.29, 1.82) is 0 Å². The molecule has 0 spiro atoms. The number of carboxylic acids is 1. The van der Waals surface area contributed by atoms with Gasteiger partial charge in [0.1, 0.15) is 17.4 Å². The molecule has 0 aliphatic carbocycles. The summed E-state index contributed by atoms with van der Waals surface area (Å²) >= 11 is 0. The highest BCUT2D eigenvalue weighted by Gasteiger charge is 2.21. The molecule has 1 unspecified atom stereocenters. The van der Waals surface area contributed by atoms with Gasteiger partial charge < -0.3 is 5.11 Å². The predicted octanol–water partition coefficient (Wildman–Crippen LogP) is 1.67. The maximum Gasteiger partial charge on any atom is 0.320 e. The maximum absolute atomic E-state index is 11.1. The molecule has 0 aliphatic rings. The van der Waals surface area contributed by atoms with Crippen LogP contribution in [0.2, 0.25) is 0 Å². The molecule has 0 radical (unpaired) electrons. The van der Waals surface area contributed by atoms with Gasteiger partial charge in [-0.15, -0.1) is 0 Å². The minimum absolute atomic E-state index is 0.000392. The largest absolute Gasteiger partial charge is 0.480 e. The fraction of sp³-hybridized carbons (Fsp3) is 0.357. The highest BCUT2D eigenvalue weighted by atomic mass is 16.4. The third-order valence-electron chi connectivity index (χ3n) is 3.09. The molecule has 6 heteroatoms. The van der Waals surface area contributed by atoms with Gasteiger partial charge in [-0.25, -0.2) is 0 Å². The molecule has 6 nitrogen and oxygen atoms in total. The molecule has 1 atom stereocenters. The van der Waals surface area contributed by atoms with Gasteiger partial charge in [0, 0.05) is 12.1 Å². The van der Waals surface area contributed by atoms with Crippen LogP contribution in [-0.2, 0) is 11.3 Å². The van der Waals surface area contributed by atoms with Gasteiger partial charge in [0.25, 0.3) is 0 Å². The Morgan fingerprint density at radius 3 is 2.60 bits per heavy atom. The van der Waals surface area contributed by atoms with E-state index in [9.17, 15) is 4.79 Å². The Kier molecular flexibility index (Phi) is 4.47. The van der Waals surface area contributed by atoms with Crippen LogP contribution in [0.1, 0.15) is 19.5 Å². The van der Waals surface area contributed by atoms with Crippen LogP contribution in [0.5, 0.6) is 0 Å². The number of nitrogens with one attached hydrogen (secondary N) is 2. The lowest BCUT2D eigenvalue weighted by molar-refractivity contribution is -0.140. The molecule has 0 amide bonds. The van der Waals surface area contributed by atoms with Gasteiger partial charge in [-0.2, -0.15) is 15.4 Å². The van der Waals surface area contributed by atoms with Crippen LogP contribution in [-0.4, -0.2) is 32.5 Å². The van der Waals surface area contributed by atoms with E-state index in [1.165, 1.54) is 0 Å². The highest BCUT2D eigenvalue weighted by molar-refractivity contribution is 5.73. The van der Waals surface area contributed by atoms with Crippen LogP contribution in [0.4, 0.5) is 0 Å². The first kappa shape index (κ1) is 14.2. The van der Waals surface area contributed by atoms with Crippen LogP contribution in [0.15, 0.2) is 30.3 Å². The molecule has 106 valence electrons. The molecule has 2 aromatic rings. The minimum Gasteiger partial charge on any atom is -0.480 e. The van der Waals surface area contributed by atoms with Gasteiger partial charge in [-0.05, 0) is 5.92 Å². The van der Waals surface area contributed by atoms with E-state index in [1.54, 1.807) is 0 Å². The molecule has 0 saturated carbocycles. The topological polar surface area (TPSA) is 90.9 Å². The molecule has 20 heavy (non-hydrogen) atoms. The number of hydrogen-bond donors (Lipinski definition) is 3. The SMILES string of the molecule is CC(C)C(NCc1n[nH]nc1-c1ccccc1)C(=O)O. The van der Waals surface area contributed by atoms with Crippen molar-refractivity contribution in [2.75, 3.05) is 0 Å². The van der Waals surface area contributed by atoms with E-state index in [4.69, 9.17) is 5.11 Å². The van der Waals surface area contributed by atoms with Crippen molar-refractivity contribution in [3.8, 4) is 11.3 Å². The van der Waals surface area contributed by atoms with Crippen LogP contribution in [0.3, 0.4) is 0 Å². The maximum atomic E-state index is 11.1. The van der Waals surface area contributed by atoms with E-state index in [1.807, 2.05) is 44.2 Å². The van der Waals surface area contributed by atoms with Crippen molar-refractivity contribution >= 4 is 5.97 Å². The van der Waals surface area contributed by atoms with Crippen molar-refractivity contribution in [2.24, 2.45) is 5.92 Å². The number of hydrogen-bond acceptors (Lipinski definition) is 4. The summed E-state index contributed by atoms with van der Waals surface area (Å²) in [4.78, 5) is 11.1. The van der Waals surface area contributed by atoms with Crippen molar-refractivity contribution < 1.29 is 9.90 Å². The summed E-state index contributed by atoms with van der Waals surface area (Å²) < 4.78 is 0. The molecule has 0 aliphatic heterocycles. The fourth-order valence-corrected chi connectivity index (χ4v) is 2.02. The summed E-state index contributed by atoms with van der Waals surface area (Å²) in [5.41, 5.74) is 2.41. The number of carbonyl (C=O) groups is 1. The number of rotatable bonds is 6. The third kappa shape index (κ3) is 3.21. The van der Waals surface area contributed by atoms with Crippen LogP contribution in [0, 0.1) is 5.92 Å². The van der Waals surface area contributed by atoms with E-state index in [-0.39, 0.29) is 5.92 Å². The van der Waals surface area contributed by atoms with Crippen LogP contribution >= 0.6 is 0 Å². The molecular weight excluding hydrogens is 256 g/mol. The predicted molar refractivity (Wildman–Crippen MR) is 74.9 cm³/mol. The first-order chi connectivity index (χ1) is 9.59. The van der Waals surface area contributed by atoms with Gasteiger partial charge in [0.15, 0.2) is 0 Å². The smallest absolute Gasteiger partial charge is 0.320 e. The average Bonchev–Trinajstić information content (AvgIpc) is 2.87. The second-order valence-electron chi connectivity index (χ2n) is 4.93. The van der Waals surface area contributed by atoms with Gasteiger partial charge in [-0.1, -0.05) is 44.2 Å². The molecule has 1 aromatic heterocycles. The van der Waals surface area contributed by atoms with E-state index in [0.29, 0.717) is 12.2 Å². The number of aromatic nitrogens is 3. The zero-order valence-electron chi connectivity index (χ0n) is 11.5. The first-order valence-electron chi connectivity index (χ1n) is 6.51. The van der Waals surface area contributed by atoms with Crippen LogP contribution in [0.25, 0.3) is 11.3 Å². The fourth-order valence-electron chi connectivity index (χ4n) is 2.02. The van der Waals surface area contributed by atoms with Gasteiger partial charge in [-0.3, -0.25) is 10.1 Å². The molecule has 1 aromatic carbocycles. The summed E-state index contributed by atoms with van der Waals surface area (Å²) in [7, 11) is 0. The summed E-state index contributed by atoms with van der Waals surface area (Å²) in [5.74, 6) is -0.857. The Morgan fingerprint density at radius 1 is 1.30 bits per heavy atom. The minimum atomic E-state index is -0.857. The zero-order chi connectivity index (χ0) is 14.5. The lowest BCUT2D eigenvalue weighted by Crippen LogP contribution is -2.40. The Labute approximate surface area is 117 Å². The molecule has 0 saturated heterocycles. The van der Waals surface area contributed by atoms with Gasteiger partial charge in [0.05, 0.1) is 0 Å². The lowest BCUT2D eigenvalue weighted by atomic mass is 10.0. The number of nitrogens with zero attached hydrogens (tertiary/aromatic N) is 2. The second kappa shape index (κ2) is 6.29. The number of benzene rings is 1. The van der Waals surface area contributed by atoms with Crippen molar-refractivity contribution in [2.45, 2.75) is 26.4 Å². The van der Waals surface area contributed by atoms with Crippen LogP contribution < -0.4 is 5.32 Å². The Morgan fingerprint density at radius 2 is 2.00 bits per heavy atom. The molecule has 0 fully saturated rings. The first-order valence-corrected chi connectivity index (χ1v) is 6.51.